The zero-order chi connectivity index (χ0) is 52.7. The van der Waals surface area contributed by atoms with Crippen LogP contribution in [0.15, 0.2) is 48.5 Å². The molecule has 0 atom stereocenters. The van der Waals surface area contributed by atoms with Crippen molar-refractivity contribution in [3.63, 3.8) is 0 Å². The molecule has 0 aromatic heterocycles. The van der Waals surface area contributed by atoms with Gasteiger partial charge in [0.1, 0.15) is 17.6 Å². The second-order valence-electron chi connectivity index (χ2n) is 21.0. The van der Waals surface area contributed by atoms with Crippen LogP contribution in [0.25, 0.3) is 0 Å². The van der Waals surface area contributed by atoms with Crippen LogP contribution in [-0.2, 0) is 46.2 Å². The molecule has 0 unspecified atom stereocenters. The molecule has 0 saturated carbocycles. The van der Waals surface area contributed by atoms with Gasteiger partial charge in [-0.15, -0.1) is 0 Å². The molecular formula is C61H100N2O10S2. The Morgan fingerprint density at radius 1 is 0.520 bits per heavy atom. The number of rotatable bonds is 42. The number of carbonyl (C=O) groups is 4. The van der Waals surface area contributed by atoms with Crippen LogP contribution in [0.3, 0.4) is 0 Å². The van der Waals surface area contributed by atoms with Gasteiger partial charge in [-0.25, -0.2) is 0 Å². The number of esters is 4. The minimum Gasteiger partial charge on any atom is -0.497 e. The summed E-state index contributed by atoms with van der Waals surface area (Å²) in [4.78, 5) is 55.3. The van der Waals surface area contributed by atoms with E-state index in [0.717, 1.165) is 151 Å². The molecule has 0 spiro atoms. The minimum absolute atomic E-state index is 0. The maximum atomic E-state index is 12.7. The van der Waals surface area contributed by atoms with Crippen molar-refractivity contribution in [1.29, 1.82) is 0 Å². The van der Waals surface area contributed by atoms with Gasteiger partial charge in [0.05, 0.1) is 33.2 Å². The Balaban J connectivity index is 0.0000148. The molecule has 2 saturated heterocycles. The lowest BCUT2D eigenvalue weighted by atomic mass is 9.94. The Morgan fingerprint density at radius 2 is 0.920 bits per heavy atom. The molecular weight excluding hydrogens is 985 g/mol. The normalized spacial score (nSPS) is 14.6. The zero-order valence-electron chi connectivity index (χ0n) is 46.8. The van der Waals surface area contributed by atoms with Gasteiger partial charge in [-0.1, -0.05) is 143 Å². The van der Waals surface area contributed by atoms with Crippen LogP contribution in [0.2, 0.25) is 0 Å². The van der Waals surface area contributed by atoms with Crippen LogP contribution in [0, 0.1) is 11.8 Å². The monoisotopic (exact) mass is 1080 g/mol. The molecule has 0 bridgehead atoms. The van der Waals surface area contributed by atoms with Gasteiger partial charge in [0, 0.05) is 37.4 Å². The number of benzene rings is 2. The third kappa shape index (κ3) is 32.3. The fraction of sp³-hybridized carbons (Fsp3) is 0.738. The van der Waals surface area contributed by atoms with E-state index in [1.165, 1.54) is 77.0 Å². The Labute approximate surface area is 461 Å². The molecule has 0 amide bonds. The summed E-state index contributed by atoms with van der Waals surface area (Å²) in [6.07, 6.45) is 29.4. The molecule has 2 aromatic carbocycles. The SMILES string of the molecule is CCCCCCCCC(CCCCCCCC)OC(=O)CCCCCCCC(=O)Oc1ccc(CC(=O)OCCC2CCN(CCSSCCN3CCC(CCOC(=O)Cc4ccc(OC)cc4)CC3)CC2)cc1.O. The van der Waals surface area contributed by atoms with Crippen molar-refractivity contribution in [2.24, 2.45) is 11.8 Å². The second kappa shape index (κ2) is 42.7. The third-order valence-corrected chi connectivity index (χ3v) is 17.3. The van der Waals surface area contributed by atoms with E-state index < -0.39 is 0 Å². The van der Waals surface area contributed by atoms with Crippen molar-refractivity contribution in [1.82, 2.24) is 9.80 Å². The topological polar surface area (TPSA) is 152 Å². The maximum absolute atomic E-state index is 12.7. The van der Waals surface area contributed by atoms with E-state index in [-0.39, 0.29) is 41.9 Å². The minimum atomic E-state index is -0.251. The van der Waals surface area contributed by atoms with Gasteiger partial charge in [-0.3, -0.25) is 19.2 Å². The summed E-state index contributed by atoms with van der Waals surface area (Å²) < 4.78 is 27.9. The number of carbonyl (C=O) groups excluding carboxylic acids is 4. The average Bonchev–Trinajstić information content (AvgIpc) is 3.40. The highest BCUT2D eigenvalue weighted by Crippen LogP contribution is 2.27. The van der Waals surface area contributed by atoms with E-state index in [1.807, 2.05) is 58.0 Å². The summed E-state index contributed by atoms with van der Waals surface area (Å²) >= 11 is 0. The standard InChI is InChI=1S/C61H98N2O9S2.H2O/c1-4-6-8-10-13-17-21-56(22-18-14-11-9-7-5-2)71-58(64)23-19-15-12-16-20-24-59(65)72-57-31-27-54(28-32-57)50-61(67)70-46-38-52-35-41-63(42-36-52)44-48-74-73-47-43-62-39-33-51(34-40-62)37-45-69-60(66)49-53-25-29-55(68-3)30-26-53;/h25-32,51-52,56H,4-24,33-50H2,1-3H3;1H2. The summed E-state index contributed by atoms with van der Waals surface area (Å²) in [5.74, 6) is 4.08. The smallest absolute Gasteiger partial charge is 0.311 e. The number of hydrogen-bond donors (Lipinski definition) is 0. The first-order chi connectivity index (χ1) is 36.2. The predicted octanol–water partition coefficient (Wildman–Crippen LogP) is 13.4. The number of ether oxygens (including phenoxy) is 5. The van der Waals surface area contributed by atoms with E-state index in [0.29, 0.717) is 50.1 Å². The second-order valence-corrected chi connectivity index (χ2v) is 23.7. The molecule has 75 heavy (non-hydrogen) atoms. The maximum Gasteiger partial charge on any atom is 0.311 e. The van der Waals surface area contributed by atoms with Gasteiger partial charge >= 0.3 is 23.9 Å². The van der Waals surface area contributed by atoms with Gasteiger partial charge in [0.15, 0.2) is 0 Å². The summed E-state index contributed by atoms with van der Waals surface area (Å²) in [5, 5.41) is 0. The average molecular weight is 1090 g/mol. The van der Waals surface area contributed by atoms with Gasteiger partial charge < -0.3 is 39.0 Å². The molecule has 2 aromatic rings. The van der Waals surface area contributed by atoms with Gasteiger partial charge in [0.25, 0.3) is 0 Å². The van der Waals surface area contributed by atoms with Crippen LogP contribution >= 0.6 is 21.6 Å². The molecule has 2 fully saturated rings. The van der Waals surface area contributed by atoms with Gasteiger partial charge in [0.2, 0.25) is 0 Å². The van der Waals surface area contributed by atoms with Crippen molar-refractivity contribution >= 4 is 45.5 Å². The quantitative estimate of drug-likeness (QED) is 0.0204. The van der Waals surface area contributed by atoms with E-state index in [1.54, 1.807) is 19.2 Å². The molecule has 2 aliphatic rings. The third-order valence-electron chi connectivity index (χ3n) is 14.9. The molecule has 2 aliphatic heterocycles. The van der Waals surface area contributed by atoms with E-state index in [4.69, 9.17) is 23.7 Å². The van der Waals surface area contributed by atoms with Crippen molar-refractivity contribution in [3.05, 3.63) is 59.7 Å². The first-order valence-electron chi connectivity index (χ1n) is 29.3. The lowest BCUT2D eigenvalue weighted by Gasteiger charge is -2.32. The number of methoxy groups -OCH3 is 1. The molecule has 2 heterocycles. The van der Waals surface area contributed by atoms with Gasteiger partial charge in [-0.2, -0.15) is 0 Å². The highest BCUT2D eigenvalue weighted by Gasteiger charge is 2.22. The molecule has 2 N–H and O–H groups in total. The van der Waals surface area contributed by atoms with Crippen molar-refractivity contribution in [3.8, 4) is 11.5 Å². The number of hydrogen-bond acceptors (Lipinski definition) is 13. The lowest BCUT2D eigenvalue weighted by Crippen LogP contribution is -2.36. The summed E-state index contributed by atoms with van der Waals surface area (Å²) in [5.41, 5.74) is 1.78. The van der Waals surface area contributed by atoms with Crippen molar-refractivity contribution < 1.29 is 48.3 Å². The molecule has 4 rings (SSSR count). The Bertz CT molecular complexity index is 1750. The zero-order valence-corrected chi connectivity index (χ0v) is 48.4. The highest BCUT2D eigenvalue weighted by molar-refractivity contribution is 8.76. The lowest BCUT2D eigenvalue weighted by molar-refractivity contribution is -0.150. The van der Waals surface area contributed by atoms with Crippen LogP contribution in [0.4, 0.5) is 0 Å². The molecule has 0 aliphatic carbocycles. The van der Waals surface area contributed by atoms with E-state index in [9.17, 15) is 19.2 Å². The van der Waals surface area contributed by atoms with Crippen molar-refractivity contribution in [2.75, 3.05) is 71.1 Å². The first kappa shape index (κ1) is 66.0. The number of likely N-dealkylation sites (tertiary alicyclic amines) is 2. The summed E-state index contributed by atoms with van der Waals surface area (Å²) in [7, 11) is 5.62. The predicted molar refractivity (Wildman–Crippen MR) is 309 cm³/mol. The Kier molecular flexibility index (Phi) is 37.6. The number of nitrogens with zero attached hydrogens (tertiary/aromatic N) is 2. The summed E-state index contributed by atoms with van der Waals surface area (Å²) in [6, 6.07) is 14.7. The van der Waals surface area contributed by atoms with Crippen molar-refractivity contribution in [2.45, 2.75) is 206 Å². The van der Waals surface area contributed by atoms with Crippen LogP contribution in [0.1, 0.15) is 198 Å². The van der Waals surface area contributed by atoms with Gasteiger partial charge in [-0.05, 0) is 150 Å². The molecule has 14 heteroatoms. The Morgan fingerprint density at radius 3 is 1.36 bits per heavy atom. The highest BCUT2D eigenvalue weighted by atomic mass is 33.1. The Hall–Kier alpha value is -3.30. The summed E-state index contributed by atoms with van der Waals surface area (Å²) in [6.45, 7) is 12.2. The fourth-order valence-corrected chi connectivity index (χ4v) is 12.1. The molecule has 0 radical (unpaired) electrons. The van der Waals surface area contributed by atoms with Crippen LogP contribution < -0.4 is 9.47 Å². The number of piperidine rings is 2. The molecule has 426 valence electrons. The van der Waals surface area contributed by atoms with E-state index in [2.05, 4.69) is 23.6 Å². The number of unbranched alkanes of at least 4 members (excludes halogenated alkanes) is 14. The molecule has 12 nitrogen and oxygen atoms in total. The van der Waals surface area contributed by atoms with Crippen LogP contribution in [0.5, 0.6) is 11.5 Å². The largest absolute Gasteiger partial charge is 0.497 e. The first-order valence-corrected chi connectivity index (χ1v) is 31.8. The van der Waals surface area contributed by atoms with E-state index >= 15 is 0 Å². The fourth-order valence-electron chi connectivity index (χ4n) is 10.0. The van der Waals surface area contributed by atoms with Crippen LogP contribution in [-0.4, -0.2) is 116 Å².